The average molecular weight is 431 g/mol. The second kappa shape index (κ2) is 9.22. The van der Waals surface area contributed by atoms with Crippen LogP contribution >= 0.6 is 0 Å². The first kappa shape index (κ1) is 20.9. The predicted octanol–water partition coefficient (Wildman–Crippen LogP) is 3.95. The highest BCUT2D eigenvalue weighted by molar-refractivity contribution is 6.05. The quantitative estimate of drug-likeness (QED) is 0.412. The third kappa shape index (κ3) is 4.39. The maximum atomic E-state index is 13.0. The van der Waals surface area contributed by atoms with Gasteiger partial charge in [-0.1, -0.05) is 0 Å². The maximum Gasteiger partial charge on any atom is 0.325 e. The summed E-state index contributed by atoms with van der Waals surface area (Å²) in [4.78, 5) is 17.5. The van der Waals surface area contributed by atoms with Crippen LogP contribution < -0.4 is 19.9 Å². The Hall–Kier alpha value is -4.33. The number of hydrogen-bond donors (Lipinski definition) is 0. The van der Waals surface area contributed by atoms with Crippen LogP contribution in [-0.4, -0.2) is 36.9 Å². The molecule has 0 aliphatic rings. The summed E-state index contributed by atoms with van der Waals surface area (Å²) in [5, 5.41) is 4.39. The van der Waals surface area contributed by atoms with Crippen LogP contribution in [0.4, 0.5) is 5.69 Å². The SMILES string of the molecule is COc1ccc(N=c2oc(C(=O)c3ccc(OC)cc3)nn2-c2ccc(OC)cc2)cc1. The molecule has 0 aliphatic carbocycles. The highest BCUT2D eigenvalue weighted by atomic mass is 16.5. The Labute approximate surface area is 184 Å². The zero-order valence-corrected chi connectivity index (χ0v) is 17.8. The van der Waals surface area contributed by atoms with E-state index in [2.05, 4.69) is 10.1 Å². The number of ether oxygens (including phenoxy) is 3. The fourth-order valence-corrected chi connectivity index (χ4v) is 2.97. The molecule has 1 aromatic heterocycles. The standard InChI is InChI=1S/C24H21N3O5/c1-29-19-10-4-16(5-11-19)22(28)23-26-27(18-8-14-21(31-3)15-9-18)24(32-23)25-17-6-12-20(30-2)13-7-17/h4-15H,1-3H3. The Morgan fingerprint density at radius 1 is 0.781 bits per heavy atom. The van der Waals surface area contributed by atoms with Crippen molar-refractivity contribution in [2.45, 2.75) is 0 Å². The molecule has 8 heteroatoms. The lowest BCUT2D eigenvalue weighted by Crippen LogP contribution is -2.15. The van der Waals surface area contributed by atoms with Crippen molar-refractivity contribution in [3.63, 3.8) is 0 Å². The third-order valence-electron chi connectivity index (χ3n) is 4.72. The van der Waals surface area contributed by atoms with E-state index >= 15 is 0 Å². The minimum Gasteiger partial charge on any atom is -0.497 e. The van der Waals surface area contributed by atoms with Crippen molar-refractivity contribution in [3.05, 3.63) is 89.9 Å². The van der Waals surface area contributed by atoms with Gasteiger partial charge in [-0.25, -0.2) is 0 Å². The Morgan fingerprint density at radius 3 is 1.81 bits per heavy atom. The van der Waals surface area contributed by atoms with Crippen LogP contribution in [0.1, 0.15) is 16.2 Å². The number of nitrogens with zero attached hydrogens (tertiary/aromatic N) is 3. The van der Waals surface area contributed by atoms with Crippen LogP contribution in [-0.2, 0) is 0 Å². The second-order valence-corrected chi connectivity index (χ2v) is 6.67. The number of carbonyl (C=O) groups excluding carboxylic acids is 1. The van der Waals surface area contributed by atoms with Crippen molar-refractivity contribution in [3.8, 4) is 22.9 Å². The highest BCUT2D eigenvalue weighted by Crippen LogP contribution is 2.19. The van der Waals surface area contributed by atoms with Gasteiger partial charge in [-0.2, -0.15) is 9.67 Å². The molecule has 0 fully saturated rings. The number of hydrogen-bond acceptors (Lipinski definition) is 7. The summed E-state index contributed by atoms with van der Waals surface area (Å²) in [5.41, 5.74) is 1.85. The minimum absolute atomic E-state index is 0.0850. The largest absolute Gasteiger partial charge is 0.497 e. The normalized spacial score (nSPS) is 11.3. The van der Waals surface area contributed by atoms with E-state index in [1.165, 1.54) is 4.68 Å². The van der Waals surface area contributed by atoms with Crippen molar-refractivity contribution in [2.75, 3.05) is 21.3 Å². The molecular weight excluding hydrogens is 410 g/mol. The molecular formula is C24H21N3O5. The fourth-order valence-electron chi connectivity index (χ4n) is 2.97. The zero-order valence-electron chi connectivity index (χ0n) is 17.8. The number of methoxy groups -OCH3 is 3. The van der Waals surface area contributed by atoms with E-state index < -0.39 is 0 Å². The molecule has 4 rings (SSSR count). The lowest BCUT2D eigenvalue weighted by molar-refractivity contribution is 0.100. The summed E-state index contributed by atoms with van der Waals surface area (Å²) in [6, 6.07) is 21.0. The maximum absolute atomic E-state index is 13.0. The van der Waals surface area contributed by atoms with Crippen LogP contribution in [0.25, 0.3) is 5.69 Å². The number of aromatic nitrogens is 2. The van der Waals surface area contributed by atoms with Gasteiger partial charge in [0.05, 0.1) is 32.7 Å². The summed E-state index contributed by atoms with van der Waals surface area (Å²) in [7, 11) is 4.75. The first-order valence-electron chi connectivity index (χ1n) is 9.73. The Bertz CT molecular complexity index is 1270. The molecule has 0 N–H and O–H groups in total. The van der Waals surface area contributed by atoms with E-state index in [9.17, 15) is 4.79 Å². The summed E-state index contributed by atoms with van der Waals surface area (Å²) < 4.78 is 22.8. The van der Waals surface area contributed by atoms with Gasteiger partial charge in [0.2, 0.25) is 5.78 Å². The van der Waals surface area contributed by atoms with Crippen LogP contribution in [0.15, 0.2) is 82.2 Å². The molecule has 0 saturated heterocycles. The summed E-state index contributed by atoms with van der Waals surface area (Å²) in [6.45, 7) is 0. The van der Waals surface area contributed by atoms with Gasteiger partial charge in [-0.05, 0) is 72.8 Å². The molecule has 0 aliphatic heterocycles. The highest BCUT2D eigenvalue weighted by Gasteiger charge is 2.18. The van der Waals surface area contributed by atoms with Crippen LogP contribution in [0.5, 0.6) is 17.2 Å². The van der Waals surface area contributed by atoms with Crippen LogP contribution in [0.2, 0.25) is 0 Å². The Kier molecular flexibility index (Phi) is 6.03. The van der Waals surface area contributed by atoms with E-state index in [4.69, 9.17) is 18.6 Å². The molecule has 0 atom stereocenters. The molecule has 1 heterocycles. The number of benzene rings is 3. The average Bonchev–Trinajstić information content (AvgIpc) is 3.27. The summed E-state index contributed by atoms with van der Waals surface area (Å²) >= 11 is 0. The molecule has 162 valence electrons. The second-order valence-electron chi connectivity index (χ2n) is 6.67. The minimum atomic E-state index is -0.369. The smallest absolute Gasteiger partial charge is 0.325 e. The van der Waals surface area contributed by atoms with E-state index in [-0.39, 0.29) is 17.4 Å². The molecule has 32 heavy (non-hydrogen) atoms. The summed E-state index contributed by atoms with van der Waals surface area (Å²) in [5.74, 6) is 1.60. The lowest BCUT2D eigenvalue weighted by Gasteiger charge is -2.02. The van der Waals surface area contributed by atoms with E-state index in [1.807, 2.05) is 0 Å². The van der Waals surface area contributed by atoms with Gasteiger partial charge in [0.25, 0.3) is 5.89 Å². The molecule has 0 radical (unpaired) electrons. The molecule has 8 nitrogen and oxygen atoms in total. The Balaban J connectivity index is 1.79. The van der Waals surface area contributed by atoms with Gasteiger partial charge >= 0.3 is 5.68 Å². The first-order valence-corrected chi connectivity index (χ1v) is 9.73. The number of rotatable bonds is 7. The predicted molar refractivity (Wildman–Crippen MR) is 117 cm³/mol. The van der Waals surface area contributed by atoms with E-state index in [0.717, 1.165) is 0 Å². The lowest BCUT2D eigenvalue weighted by atomic mass is 10.1. The molecule has 0 unspecified atom stereocenters. The zero-order chi connectivity index (χ0) is 22.5. The van der Waals surface area contributed by atoms with E-state index in [1.54, 1.807) is 94.1 Å². The first-order chi connectivity index (χ1) is 15.6. The van der Waals surface area contributed by atoms with Crippen molar-refractivity contribution in [1.29, 1.82) is 0 Å². The van der Waals surface area contributed by atoms with Crippen molar-refractivity contribution < 1.29 is 23.4 Å². The summed E-state index contributed by atoms with van der Waals surface area (Å²) in [6.07, 6.45) is 0. The van der Waals surface area contributed by atoms with Crippen molar-refractivity contribution >= 4 is 11.5 Å². The number of ketones is 1. The fraction of sp³-hybridized carbons (Fsp3) is 0.125. The Morgan fingerprint density at radius 2 is 1.28 bits per heavy atom. The van der Waals surface area contributed by atoms with Crippen LogP contribution in [0.3, 0.4) is 0 Å². The molecule has 0 spiro atoms. The van der Waals surface area contributed by atoms with E-state index in [0.29, 0.717) is 34.2 Å². The topological polar surface area (TPSA) is 88.1 Å². The van der Waals surface area contributed by atoms with Gasteiger partial charge in [-0.15, -0.1) is 5.10 Å². The van der Waals surface area contributed by atoms with Gasteiger partial charge in [0, 0.05) is 5.56 Å². The monoisotopic (exact) mass is 431 g/mol. The molecule has 0 amide bonds. The van der Waals surface area contributed by atoms with Crippen LogP contribution in [0, 0.1) is 0 Å². The van der Waals surface area contributed by atoms with Gasteiger partial charge in [-0.3, -0.25) is 4.79 Å². The molecule has 0 saturated carbocycles. The van der Waals surface area contributed by atoms with Gasteiger partial charge < -0.3 is 18.6 Å². The molecule has 3 aromatic carbocycles. The third-order valence-corrected chi connectivity index (χ3v) is 4.72. The van der Waals surface area contributed by atoms with Crippen molar-refractivity contribution in [1.82, 2.24) is 9.78 Å². The van der Waals surface area contributed by atoms with Gasteiger partial charge in [0.15, 0.2) is 0 Å². The molecule has 4 aromatic rings. The van der Waals surface area contributed by atoms with Gasteiger partial charge in [0.1, 0.15) is 17.2 Å². The number of carbonyl (C=O) groups is 1. The molecule has 0 bridgehead atoms. The van der Waals surface area contributed by atoms with Crippen molar-refractivity contribution in [2.24, 2.45) is 4.99 Å².